The van der Waals surface area contributed by atoms with Crippen LogP contribution >= 0.6 is 0 Å². The van der Waals surface area contributed by atoms with Crippen molar-refractivity contribution in [3.8, 4) is 0 Å². The van der Waals surface area contributed by atoms with Crippen LogP contribution in [0, 0.1) is 5.95 Å². The molecule has 4 nitrogen and oxygen atoms in total. The molecule has 2 rings (SSSR count). The zero-order chi connectivity index (χ0) is 15.1. The number of aromatic nitrogens is 1. The van der Waals surface area contributed by atoms with Crippen molar-refractivity contribution >= 4 is 18.4 Å². The Balaban J connectivity index is 2.33. The van der Waals surface area contributed by atoms with Gasteiger partial charge in [0, 0.05) is 13.6 Å². The summed E-state index contributed by atoms with van der Waals surface area (Å²) in [6, 6.07) is 3.18. The predicted octanol–water partition coefficient (Wildman–Crippen LogP) is 1.98. The first-order valence-electron chi connectivity index (χ1n) is 6.90. The van der Waals surface area contributed by atoms with Crippen molar-refractivity contribution in [3.63, 3.8) is 0 Å². The van der Waals surface area contributed by atoms with Crippen molar-refractivity contribution in [2.45, 2.75) is 45.8 Å². The molecule has 1 saturated heterocycles. The van der Waals surface area contributed by atoms with E-state index in [-0.39, 0.29) is 0 Å². The quantitative estimate of drug-likeness (QED) is 0.626. The van der Waals surface area contributed by atoms with Gasteiger partial charge in [-0.05, 0) is 52.2 Å². The third-order valence-electron chi connectivity index (χ3n) is 4.19. The van der Waals surface area contributed by atoms with E-state index in [2.05, 4.69) is 4.98 Å². The van der Waals surface area contributed by atoms with Crippen LogP contribution in [0.15, 0.2) is 12.1 Å². The fourth-order valence-electron chi connectivity index (χ4n) is 1.98. The molecule has 0 spiro atoms. The Morgan fingerprint density at radius 3 is 2.25 bits per heavy atom. The van der Waals surface area contributed by atoms with E-state index >= 15 is 0 Å². The molecule has 0 aliphatic carbocycles. The van der Waals surface area contributed by atoms with Crippen LogP contribution in [0.2, 0.25) is 0 Å². The van der Waals surface area contributed by atoms with Crippen molar-refractivity contribution in [1.82, 2.24) is 4.98 Å². The van der Waals surface area contributed by atoms with E-state index < -0.39 is 24.3 Å². The first-order chi connectivity index (χ1) is 9.16. The van der Waals surface area contributed by atoms with Crippen molar-refractivity contribution in [2.24, 2.45) is 0 Å². The molecular formula is C14H22BFN2O2. The summed E-state index contributed by atoms with van der Waals surface area (Å²) in [4.78, 5) is 5.77. The van der Waals surface area contributed by atoms with E-state index in [9.17, 15) is 4.39 Å². The van der Waals surface area contributed by atoms with Crippen LogP contribution in [0.25, 0.3) is 0 Å². The summed E-state index contributed by atoms with van der Waals surface area (Å²) >= 11 is 0. The highest BCUT2D eigenvalue weighted by atomic mass is 19.1. The number of halogens is 1. The Hall–Kier alpha value is -1.14. The van der Waals surface area contributed by atoms with Crippen LogP contribution in [0.4, 0.5) is 10.2 Å². The SMILES string of the molecule is CCN(C)c1cc(B2OC(C)(C)C(C)(C)O2)cc(F)n1. The lowest BCUT2D eigenvalue weighted by atomic mass is 9.79. The zero-order valence-corrected chi connectivity index (χ0v) is 13.0. The summed E-state index contributed by atoms with van der Waals surface area (Å²) in [6.45, 7) is 10.6. The van der Waals surface area contributed by atoms with Gasteiger partial charge >= 0.3 is 7.12 Å². The molecule has 0 unspecified atom stereocenters. The van der Waals surface area contributed by atoms with Gasteiger partial charge in [-0.2, -0.15) is 4.39 Å². The van der Waals surface area contributed by atoms with Crippen LogP contribution in [-0.4, -0.2) is 36.9 Å². The Labute approximate surface area is 120 Å². The molecule has 0 amide bonds. The molecule has 0 N–H and O–H groups in total. The summed E-state index contributed by atoms with van der Waals surface area (Å²) in [5.74, 6) is 0.0599. The molecule has 1 fully saturated rings. The van der Waals surface area contributed by atoms with Gasteiger partial charge in [0.1, 0.15) is 5.82 Å². The third-order valence-corrected chi connectivity index (χ3v) is 4.19. The van der Waals surface area contributed by atoms with Gasteiger partial charge in [0.15, 0.2) is 0 Å². The lowest BCUT2D eigenvalue weighted by Crippen LogP contribution is -2.41. The average Bonchev–Trinajstić information content (AvgIpc) is 2.57. The van der Waals surface area contributed by atoms with E-state index in [4.69, 9.17) is 9.31 Å². The fourth-order valence-corrected chi connectivity index (χ4v) is 1.98. The summed E-state index contributed by atoms with van der Waals surface area (Å²) in [5.41, 5.74) is -0.214. The first-order valence-corrected chi connectivity index (χ1v) is 6.90. The second-order valence-electron chi connectivity index (χ2n) is 6.18. The minimum Gasteiger partial charge on any atom is -0.399 e. The van der Waals surface area contributed by atoms with Crippen molar-refractivity contribution in [3.05, 3.63) is 18.1 Å². The Bertz CT molecular complexity index is 492. The van der Waals surface area contributed by atoms with Crippen LogP contribution < -0.4 is 10.4 Å². The Morgan fingerprint density at radius 2 is 1.75 bits per heavy atom. The number of pyridine rings is 1. The van der Waals surface area contributed by atoms with Gasteiger partial charge in [-0.1, -0.05) is 0 Å². The number of nitrogens with zero attached hydrogens (tertiary/aromatic N) is 2. The molecule has 2 heterocycles. The molecule has 6 heteroatoms. The van der Waals surface area contributed by atoms with Crippen molar-refractivity contribution < 1.29 is 13.7 Å². The molecule has 110 valence electrons. The lowest BCUT2D eigenvalue weighted by Gasteiger charge is -2.32. The second-order valence-corrected chi connectivity index (χ2v) is 6.18. The van der Waals surface area contributed by atoms with Crippen LogP contribution in [0.1, 0.15) is 34.6 Å². The summed E-state index contributed by atoms with van der Waals surface area (Å²) in [6.07, 6.45) is 0. The highest BCUT2D eigenvalue weighted by molar-refractivity contribution is 6.62. The predicted molar refractivity (Wildman–Crippen MR) is 78.9 cm³/mol. The molecule has 0 atom stereocenters. The molecule has 0 bridgehead atoms. The third kappa shape index (κ3) is 2.67. The van der Waals surface area contributed by atoms with Gasteiger partial charge in [0.25, 0.3) is 0 Å². The smallest absolute Gasteiger partial charge is 0.399 e. The van der Waals surface area contributed by atoms with E-state index in [0.29, 0.717) is 11.3 Å². The van der Waals surface area contributed by atoms with E-state index in [1.807, 2.05) is 52.6 Å². The standard InChI is InChI=1S/C14H22BFN2O2/c1-7-18(6)12-9-10(8-11(16)17-12)15-19-13(2,3)14(4,5)20-15/h8-9H,7H2,1-6H3. The molecule has 0 aromatic carbocycles. The number of hydrogen-bond donors (Lipinski definition) is 0. The molecule has 20 heavy (non-hydrogen) atoms. The van der Waals surface area contributed by atoms with Gasteiger partial charge in [0.05, 0.1) is 11.2 Å². The Morgan fingerprint density at radius 1 is 1.20 bits per heavy atom. The van der Waals surface area contributed by atoms with Crippen LogP contribution in [-0.2, 0) is 9.31 Å². The summed E-state index contributed by atoms with van der Waals surface area (Å²) in [5, 5.41) is 0. The number of rotatable bonds is 3. The topological polar surface area (TPSA) is 34.6 Å². The number of hydrogen-bond acceptors (Lipinski definition) is 4. The minimum absolute atomic E-state index is 0.436. The second kappa shape index (κ2) is 5.00. The first kappa shape index (κ1) is 15.3. The molecule has 1 aliphatic rings. The Kier molecular flexibility index (Phi) is 3.82. The minimum atomic E-state index is -0.568. The maximum absolute atomic E-state index is 13.7. The monoisotopic (exact) mass is 280 g/mol. The maximum atomic E-state index is 13.7. The highest BCUT2D eigenvalue weighted by Gasteiger charge is 2.51. The highest BCUT2D eigenvalue weighted by Crippen LogP contribution is 2.36. The van der Waals surface area contributed by atoms with Crippen LogP contribution in [0.3, 0.4) is 0 Å². The summed E-state index contributed by atoms with van der Waals surface area (Å²) < 4.78 is 25.6. The van der Waals surface area contributed by atoms with Crippen molar-refractivity contribution in [1.29, 1.82) is 0 Å². The van der Waals surface area contributed by atoms with E-state index in [1.54, 1.807) is 0 Å². The van der Waals surface area contributed by atoms with Gasteiger partial charge in [0.2, 0.25) is 5.95 Å². The average molecular weight is 280 g/mol. The van der Waals surface area contributed by atoms with Gasteiger partial charge in [-0.3, -0.25) is 0 Å². The van der Waals surface area contributed by atoms with Gasteiger partial charge < -0.3 is 14.2 Å². The lowest BCUT2D eigenvalue weighted by molar-refractivity contribution is 0.00578. The maximum Gasteiger partial charge on any atom is 0.495 e. The van der Waals surface area contributed by atoms with E-state index in [1.165, 1.54) is 6.07 Å². The molecule has 1 aromatic heterocycles. The fraction of sp³-hybridized carbons (Fsp3) is 0.643. The molecule has 0 radical (unpaired) electrons. The largest absolute Gasteiger partial charge is 0.495 e. The molecule has 1 aromatic rings. The normalized spacial score (nSPS) is 20.2. The molecule has 1 aliphatic heterocycles. The summed E-state index contributed by atoms with van der Waals surface area (Å²) in [7, 11) is 1.30. The zero-order valence-electron chi connectivity index (χ0n) is 13.0. The van der Waals surface area contributed by atoms with Crippen LogP contribution in [0.5, 0.6) is 0 Å². The van der Waals surface area contributed by atoms with Gasteiger partial charge in [-0.25, -0.2) is 4.98 Å². The van der Waals surface area contributed by atoms with E-state index in [0.717, 1.165) is 6.54 Å². The van der Waals surface area contributed by atoms with Gasteiger partial charge in [-0.15, -0.1) is 0 Å². The molecular weight excluding hydrogens is 258 g/mol. The number of anilines is 1. The molecule has 0 saturated carbocycles. The van der Waals surface area contributed by atoms with Crippen molar-refractivity contribution in [2.75, 3.05) is 18.5 Å².